The summed E-state index contributed by atoms with van der Waals surface area (Å²) in [5.41, 5.74) is 9.02. The maximum Gasteiger partial charge on any atom is 0.200 e. The number of para-hydroxylation sites is 1. The van der Waals surface area contributed by atoms with Gasteiger partial charge < -0.3 is 9.15 Å². The van der Waals surface area contributed by atoms with E-state index in [2.05, 4.69) is 15.0 Å². The molecule has 0 atom stereocenters. The SMILES string of the molecule is COc1ccccc1-c1cnc(CN=[N+]=[N-])o1. The smallest absolute Gasteiger partial charge is 0.200 e. The zero-order valence-corrected chi connectivity index (χ0v) is 9.20. The lowest BCUT2D eigenvalue weighted by atomic mass is 10.1. The fourth-order valence-electron chi connectivity index (χ4n) is 1.45. The first kappa shape index (κ1) is 11.0. The number of hydrogen-bond donors (Lipinski definition) is 0. The van der Waals surface area contributed by atoms with Crippen LogP contribution in [0, 0.1) is 0 Å². The third-order valence-electron chi connectivity index (χ3n) is 2.20. The summed E-state index contributed by atoms with van der Waals surface area (Å²) in [7, 11) is 1.59. The molecule has 0 unspecified atom stereocenters. The molecule has 0 bridgehead atoms. The summed E-state index contributed by atoms with van der Waals surface area (Å²) in [6, 6.07) is 7.47. The average molecular weight is 230 g/mol. The van der Waals surface area contributed by atoms with E-state index < -0.39 is 0 Å². The zero-order chi connectivity index (χ0) is 12.1. The lowest BCUT2D eigenvalue weighted by Gasteiger charge is -2.04. The molecule has 86 valence electrons. The minimum Gasteiger partial charge on any atom is -0.496 e. The van der Waals surface area contributed by atoms with E-state index in [9.17, 15) is 0 Å². The Hall–Kier alpha value is -2.46. The Morgan fingerprint density at radius 1 is 1.47 bits per heavy atom. The van der Waals surface area contributed by atoms with E-state index in [4.69, 9.17) is 14.7 Å². The summed E-state index contributed by atoms with van der Waals surface area (Å²) < 4.78 is 10.7. The molecule has 6 heteroatoms. The van der Waals surface area contributed by atoms with E-state index in [1.807, 2.05) is 24.3 Å². The van der Waals surface area contributed by atoms with Crippen molar-refractivity contribution in [2.45, 2.75) is 6.54 Å². The van der Waals surface area contributed by atoms with Gasteiger partial charge in [-0.2, -0.15) is 0 Å². The Morgan fingerprint density at radius 2 is 2.29 bits per heavy atom. The zero-order valence-electron chi connectivity index (χ0n) is 9.20. The highest BCUT2D eigenvalue weighted by molar-refractivity contribution is 5.64. The van der Waals surface area contributed by atoms with Crippen LogP contribution in [0.4, 0.5) is 0 Å². The monoisotopic (exact) mass is 230 g/mol. The van der Waals surface area contributed by atoms with Crippen LogP contribution in [0.3, 0.4) is 0 Å². The summed E-state index contributed by atoms with van der Waals surface area (Å²) in [5, 5.41) is 3.38. The highest BCUT2D eigenvalue weighted by Gasteiger charge is 2.10. The third kappa shape index (κ3) is 2.38. The van der Waals surface area contributed by atoms with E-state index >= 15 is 0 Å². The number of ether oxygens (including phenoxy) is 1. The molecule has 6 nitrogen and oxygen atoms in total. The van der Waals surface area contributed by atoms with Gasteiger partial charge >= 0.3 is 0 Å². The Bertz CT molecular complexity index is 558. The molecular formula is C11H10N4O2. The Kier molecular flexibility index (Phi) is 3.28. The fraction of sp³-hybridized carbons (Fsp3) is 0.182. The van der Waals surface area contributed by atoms with Crippen LogP contribution in [0.5, 0.6) is 5.75 Å². The van der Waals surface area contributed by atoms with E-state index in [1.165, 1.54) is 0 Å². The van der Waals surface area contributed by atoms with Crippen molar-refractivity contribution in [3.05, 3.63) is 46.8 Å². The number of benzene rings is 1. The van der Waals surface area contributed by atoms with Crippen molar-refractivity contribution in [2.75, 3.05) is 7.11 Å². The maximum absolute atomic E-state index is 8.20. The second-order valence-electron chi connectivity index (χ2n) is 3.21. The van der Waals surface area contributed by atoms with Crippen LogP contribution in [0.15, 0.2) is 40.0 Å². The lowest BCUT2D eigenvalue weighted by Crippen LogP contribution is -1.85. The molecule has 1 heterocycles. The number of aromatic nitrogens is 1. The Labute approximate surface area is 97.5 Å². The van der Waals surface area contributed by atoms with Gasteiger partial charge in [0.25, 0.3) is 0 Å². The molecule has 0 saturated heterocycles. The molecule has 0 aliphatic heterocycles. The summed E-state index contributed by atoms with van der Waals surface area (Å²) in [5.74, 6) is 1.67. The minimum atomic E-state index is 0.103. The van der Waals surface area contributed by atoms with Crippen LogP contribution >= 0.6 is 0 Å². The molecule has 0 saturated carbocycles. The lowest BCUT2D eigenvalue weighted by molar-refractivity contribution is 0.414. The van der Waals surface area contributed by atoms with Gasteiger partial charge in [-0.1, -0.05) is 17.2 Å². The average Bonchev–Trinajstić information content (AvgIpc) is 2.85. The molecule has 0 spiro atoms. The van der Waals surface area contributed by atoms with Crippen molar-refractivity contribution in [1.82, 2.24) is 4.98 Å². The van der Waals surface area contributed by atoms with Gasteiger partial charge in [-0.15, -0.1) is 0 Å². The minimum absolute atomic E-state index is 0.103. The van der Waals surface area contributed by atoms with Crippen LogP contribution in [0.2, 0.25) is 0 Å². The fourth-order valence-corrected chi connectivity index (χ4v) is 1.45. The summed E-state index contributed by atoms with van der Waals surface area (Å²) >= 11 is 0. The van der Waals surface area contributed by atoms with Gasteiger partial charge in [-0.25, -0.2) is 4.98 Å². The van der Waals surface area contributed by atoms with Crippen LogP contribution in [-0.4, -0.2) is 12.1 Å². The molecule has 0 radical (unpaired) electrons. The number of oxazole rings is 1. The number of azide groups is 1. The maximum atomic E-state index is 8.20. The molecule has 1 aromatic heterocycles. The van der Waals surface area contributed by atoms with Crippen LogP contribution in [0.1, 0.15) is 5.89 Å². The van der Waals surface area contributed by atoms with Crippen molar-refractivity contribution < 1.29 is 9.15 Å². The Morgan fingerprint density at radius 3 is 3.06 bits per heavy atom. The first-order valence-electron chi connectivity index (χ1n) is 4.94. The second-order valence-corrected chi connectivity index (χ2v) is 3.21. The quantitative estimate of drug-likeness (QED) is 0.459. The number of methoxy groups -OCH3 is 1. The first-order valence-corrected chi connectivity index (χ1v) is 4.94. The predicted octanol–water partition coefficient (Wildman–Crippen LogP) is 3.16. The predicted molar refractivity (Wildman–Crippen MR) is 61.3 cm³/mol. The van der Waals surface area contributed by atoms with Crippen LogP contribution < -0.4 is 4.74 Å². The number of nitrogens with zero attached hydrogens (tertiary/aromatic N) is 4. The van der Waals surface area contributed by atoms with Gasteiger partial charge in [0.05, 0.1) is 18.9 Å². The molecule has 0 aliphatic rings. The van der Waals surface area contributed by atoms with Crippen LogP contribution in [0.25, 0.3) is 21.8 Å². The molecule has 0 fully saturated rings. The van der Waals surface area contributed by atoms with Crippen molar-refractivity contribution in [3.8, 4) is 17.1 Å². The van der Waals surface area contributed by atoms with E-state index in [0.717, 1.165) is 5.56 Å². The van der Waals surface area contributed by atoms with Gasteiger partial charge in [0.2, 0.25) is 5.89 Å². The van der Waals surface area contributed by atoms with Gasteiger partial charge in [-0.3, -0.25) is 0 Å². The van der Waals surface area contributed by atoms with Gasteiger partial charge in [0.1, 0.15) is 12.3 Å². The number of rotatable bonds is 4. The molecule has 1 aromatic carbocycles. The largest absolute Gasteiger partial charge is 0.496 e. The van der Waals surface area contributed by atoms with Gasteiger partial charge in [0, 0.05) is 4.91 Å². The highest BCUT2D eigenvalue weighted by Crippen LogP contribution is 2.29. The summed E-state index contributed by atoms with van der Waals surface area (Å²) in [6.07, 6.45) is 1.58. The summed E-state index contributed by atoms with van der Waals surface area (Å²) in [4.78, 5) is 6.67. The van der Waals surface area contributed by atoms with E-state index in [1.54, 1.807) is 13.3 Å². The topological polar surface area (TPSA) is 84.0 Å². The van der Waals surface area contributed by atoms with Crippen molar-refractivity contribution in [1.29, 1.82) is 0 Å². The molecule has 0 aliphatic carbocycles. The molecular weight excluding hydrogens is 220 g/mol. The standard InChI is InChI=1S/C11H10N4O2/c1-16-9-5-3-2-4-8(9)10-6-13-11(17-10)7-14-15-12/h2-6H,7H2,1H3. The van der Waals surface area contributed by atoms with Crippen molar-refractivity contribution in [3.63, 3.8) is 0 Å². The molecule has 2 aromatic rings. The third-order valence-corrected chi connectivity index (χ3v) is 2.20. The molecule has 17 heavy (non-hydrogen) atoms. The molecule has 0 N–H and O–H groups in total. The summed E-state index contributed by atoms with van der Waals surface area (Å²) in [6.45, 7) is 0.103. The first-order chi connectivity index (χ1) is 8.35. The van der Waals surface area contributed by atoms with E-state index in [0.29, 0.717) is 17.4 Å². The normalized spacial score (nSPS) is 9.71. The second kappa shape index (κ2) is 5.05. The van der Waals surface area contributed by atoms with Crippen molar-refractivity contribution in [2.24, 2.45) is 5.11 Å². The Balaban J connectivity index is 2.33. The van der Waals surface area contributed by atoms with E-state index in [-0.39, 0.29) is 6.54 Å². The number of hydrogen-bond acceptors (Lipinski definition) is 4. The highest BCUT2D eigenvalue weighted by atomic mass is 16.5. The molecule has 2 rings (SSSR count). The van der Waals surface area contributed by atoms with Crippen molar-refractivity contribution >= 4 is 0 Å². The van der Waals surface area contributed by atoms with Crippen LogP contribution in [-0.2, 0) is 6.54 Å². The molecule has 0 amide bonds. The van der Waals surface area contributed by atoms with Gasteiger partial charge in [0.15, 0.2) is 5.76 Å². The van der Waals surface area contributed by atoms with Gasteiger partial charge in [-0.05, 0) is 17.7 Å².